The van der Waals surface area contributed by atoms with Gasteiger partial charge in [0, 0.05) is 10.5 Å². The molecule has 0 bridgehead atoms. The third-order valence-corrected chi connectivity index (χ3v) is 3.48. The van der Waals surface area contributed by atoms with Crippen molar-refractivity contribution in [2.24, 2.45) is 5.92 Å². The molecule has 0 radical (unpaired) electrons. The number of nitrogens with one attached hydrogen (secondary N) is 1. The normalized spacial score (nSPS) is 12.9. The van der Waals surface area contributed by atoms with Crippen molar-refractivity contribution in [2.45, 2.75) is 19.9 Å². The second-order valence-corrected chi connectivity index (χ2v) is 4.93. The maximum Gasteiger partial charge on any atom is 0.264 e. The fourth-order valence-corrected chi connectivity index (χ4v) is 2.55. The lowest BCUT2D eigenvalue weighted by Crippen LogP contribution is -2.39. The summed E-state index contributed by atoms with van der Waals surface area (Å²) in [4.78, 5) is 12.2. The second kappa shape index (κ2) is 5.59. The molecule has 78 valence electrons. The van der Waals surface area contributed by atoms with Gasteiger partial charge in [-0.05, 0) is 17.5 Å². The van der Waals surface area contributed by atoms with Crippen LogP contribution in [0.2, 0.25) is 0 Å². The van der Waals surface area contributed by atoms with Gasteiger partial charge in [0.05, 0.1) is 6.20 Å². The number of carbonyl (C=O) groups excluding carboxylic acids is 1. The standard InChI is InChI=1S/C8H12IN3OS/c1-5(2)6(3-9)11-8(13)7-4-10-12-14-7/h4-6H,3H2,1-2H3,(H,11,13). The molecular formula is C8H12IN3OS. The van der Waals surface area contributed by atoms with Gasteiger partial charge < -0.3 is 5.32 Å². The van der Waals surface area contributed by atoms with Gasteiger partial charge in [-0.1, -0.05) is 40.9 Å². The van der Waals surface area contributed by atoms with Gasteiger partial charge >= 0.3 is 0 Å². The van der Waals surface area contributed by atoms with Crippen LogP contribution in [0.4, 0.5) is 0 Å². The molecular weight excluding hydrogens is 313 g/mol. The lowest BCUT2D eigenvalue weighted by atomic mass is 10.1. The van der Waals surface area contributed by atoms with Gasteiger partial charge in [-0.2, -0.15) is 0 Å². The number of hydrogen-bond donors (Lipinski definition) is 1. The van der Waals surface area contributed by atoms with E-state index in [1.165, 1.54) is 6.20 Å². The van der Waals surface area contributed by atoms with Crippen molar-refractivity contribution in [3.8, 4) is 0 Å². The topological polar surface area (TPSA) is 54.9 Å². The molecule has 0 aliphatic rings. The van der Waals surface area contributed by atoms with E-state index in [1.807, 2.05) is 0 Å². The van der Waals surface area contributed by atoms with E-state index in [9.17, 15) is 4.79 Å². The van der Waals surface area contributed by atoms with Gasteiger partial charge in [-0.25, -0.2) is 0 Å². The average molecular weight is 325 g/mol. The zero-order chi connectivity index (χ0) is 10.6. The highest BCUT2D eigenvalue weighted by Crippen LogP contribution is 2.08. The Morgan fingerprint density at radius 1 is 1.71 bits per heavy atom. The molecule has 1 amide bonds. The Labute approximate surface area is 101 Å². The zero-order valence-electron chi connectivity index (χ0n) is 8.03. The molecule has 0 saturated carbocycles. The van der Waals surface area contributed by atoms with Crippen LogP contribution in [0, 0.1) is 5.92 Å². The van der Waals surface area contributed by atoms with E-state index in [1.54, 1.807) is 0 Å². The third kappa shape index (κ3) is 3.16. The largest absolute Gasteiger partial charge is 0.347 e. The van der Waals surface area contributed by atoms with Crippen LogP contribution in [-0.2, 0) is 0 Å². The van der Waals surface area contributed by atoms with Crippen LogP contribution in [0.25, 0.3) is 0 Å². The summed E-state index contributed by atoms with van der Waals surface area (Å²) in [5.41, 5.74) is 0. The number of carbonyl (C=O) groups is 1. The molecule has 1 rings (SSSR count). The first kappa shape index (κ1) is 11.8. The maximum atomic E-state index is 11.6. The molecule has 1 unspecified atom stereocenters. The minimum absolute atomic E-state index is 0.0737. The van der Waals surface area contributed by atoms with E-state index in [4.69, 9.17) is 0 Å². The van der Waals surface area contributed by atoms with Crippen molar-refractivity contribution in [1.82, 2.24) is 14.9 Å². The fraction of sp³-hybridized carbons (Fsp3) is 0.625. The Bertz CT molecular complexity index is 289. The fourth-order valence-electron chi connectivity index (χ4n) is 0.890. The van der Waals surface area contributed by atoms with E-state index in [0.29, 0.717) is 10.8 Å². The van der Waals surface area contributed by atoms with Crippen LogP contribution in [-0.4, -0.2) is 26.0 Å². The van der Waals surface area contributed by atoms with Gasteiger partial charge in [0.15, 0.2) is 0 Å². The zero-order valence-corrected chi connectivity index (χ0v) is 11.0. The maximum absolute atomic E-state index is 11.6. The molecule has 1 aromatic heterocycles. The molecule has 4 nitrogen and oxygen atoms in total. The van der Waals surface area contributed by atoms with Crippen LogP contribution >= 0.6 is 34.1 Å². The number of aromatic nitrogens is 2. The molecule has 0 saturated heterocycles. The van der Waals surface area contributed by atoms with Crippen molar-refractivity contribution in [2.75, 3.05) is 4.43 Å². The molecule has 0 spiro atoms. The summed E-state index contributed by atoms with van der Waals surface area (Å²) >= 11 is 3.39. The minimum atomic E-state index is -0.0737. The summed E-state index contributed by atoms with van der Waals surface area (Å²) in [5.74, 6) is 0.368. The second-order valence-electron chi connectivity index (χ2n) is 3.26. The molecule has 0 fully saturated rings. The van der Waals surface area contributed by atoms with Crippen molar-refractivity contribution < 1.29 is 4.79 Å². The van der Waals surface area contributed by atoms with Gasteiger partial charge in [0.1, 0.15) is 4.88 Å². The highest BCUT2D eigenvalue weighted by molar-refractivity contribution is 14.1. The molecule has 1 aromatic rings. The molecule has 6 heteroatoms. The van der Waals surface area contributed by atoms with Crippen molar-refractivity contribution >= 4 is 40.0 Å². The Morgan fingerprint density at radius 2 is 2.43 bits per heavy atom. The predicted octanol–water partition coefficient (Wildman–Crippen LogP) is 1.73. The molecule has 14 heavy (non-hydrogen) atoms. The van der Waals surface area contributed by atoms with Crippen LogP contribution in [0.15, 0.2) is 6.20 Å². The summed E-state index contributed by atoms with van der Waals surface area (Å²) in [6.45, 7) is 4.18. The van der Waals surface area contributed by atoms with E-state index >= 15 is 0 Å². The minimum Gasteiger partial charge on any atom is -0.347 e. The number of nitrogens with zero attached hydrogens (tertiary/aromatic N) is 2. The van der Waals surface area contributed by atoms with Crippen molar-refractivity contribution in [3.05, 3.63) is 11.1 Å². The smallest absolute Gasteiger partial charge is 0.264 e. The Kier molecular flexibility index (Phi) is 4.73. The molecule has 1 N–H and O–H groups in total. The van der Waals surface area contributed by atoms with Gasteiger partial charge in [0.2, 0.25) is 0 Å². The van der Waals surface area contributed by atoms with Crippen LogP contribution in [0.3, 0.4) is 0 Å². The average Bonchev–Trinajstić information content (AvgIpc) is 2.65. The predicted molar refractivity (Wildman–Crippen MR) is 64.9 cm³/mol. The van der Waals surface area contributed by atoms with E-state index < -0.39 is 0 Å². The first-order chi connectivity index (χ1) is 6.65. The summed E-state index contributed by atoms with van der Waals surface area (Å²) in [7, 11) is 0. The Balaban J connectivity index is 2.56. The van der Waals surface area contributed by atoms with Crippen LogP contribution < -0.4 is 5.32 Å². The summed E-state index contributed by atoms with van der Waals surface area (Å²) in [6.07, 6.45) is 1.49. The molecule has 1 atom stereocenters. The first-order valence-electron chi connectivity index (χ1n) is 4.29. The van der Waals surface area contributed by atoms with Gasteiger partial charge in [-0.15, -0.1) is 5.10 Å². The quantitative estimate of drug-likeness (QED) is 0.678. The van der Waals surface area contributed by atoms with E-state index in [0.717, 1.165) is 16.0 Å². The number of alkyl halides is 1. The summed E-state index contributed by atoms with van der Waals surface area (Å²) in [5, 5.41) is 6.58. The number of halogens is 1. The van der Waals surface area contributed by atoms with Crippen LogP contribution in [0.5, 0.6) is 0 Å². The highest BCUT2D eigenvalue weighted by atomic mass is 127. The van der Waals surface area contributed by atoms with Crippen molar-refractivity contribution in [1.29, 1.82) is 0 Å². The molecule has 0 aromatic carbocycles. The summed E-state index contributed by atoms with van der Waals surface area (Å²) < 4.78 is 4.56. The Hall–Kier alpha value is -0.240. The molecule has 0 aliphatic carbocycles. The monoisotopic (exact) mass is 325 g/mol. The first-order valence-corrected chi connectivity index (χ1v) is 6.59. The Morgan fingerprint density at radius 3 is 2.86 bits per heavy atom. The molecule has 0 aliphatic heterocycles. The lowest BCUT2D eigenvalue weighted by molar-refractivity contribution is 0.0936. The SMILES string of the molecule is CC(C)C(CI)NC(=O)c1cnns1. The number of rotatable bonds is 4. The van der Waals surface area contributed by atoms with Crippen LogP contribution in [0.1, 0.15) is 23.5 Å². The third-order valence-electron chi connectivity index (χ3n) is 1.87. The van der Waals surface area contributed by atoms with Gasteiger partial charge in [0.25, 0.3) is 5.91 Å². The summed E-state index contributed by atoms with van der Waals surface area (Å²) in [6, 6.07) is 0.213. The molecule has 1 heterocycles. The lowest BCUT2D eigenvalue weighted by Gasteiger charge is -2.18. The highest BCUT2D eigenvalue weighted by Gasteiger charge is 2.16. The van der Waals surface area contributed by atoms with E-state index in [2.05, 4.69) is 51.3 Å². The van der Waals surface area contributed by atoms with Gasteiger partial charge in [-0.3, -0.25) is 4.79 Å². The number of hydrogen-bond acceptors (Lipinski definition) is 4. The van der Waals surface area contributed by atoms with Crippen molar-refractivity contribution in [3.63, 3.8) is 0 Å². The van der Waals surface area contributed by atoms with E-state index in [-0.39, 0.29) is 11.9 Å². The number of amides is 1.